The van der Waals surface area contributed by atoms with Crippen LogP contribution in [-0.2, 0) is 11.2 Å². The Morgan fingerprint density at radius 3 is 2.83 bits per heavy atom. The summed E-state index contributed by atoms with van der Waals surface area (Å²) in [6, 6.07) is 9.21. The summed E-state index contributed by atoms with van der Waals surface area (Å²) in [5, 5.41) is 3.48. The van der Waals surface area contributed by atoms with Crippen LogP contribution in [0.4, 0.5) is 5.69 Å². The van der Waals surface area contributed by atoms with Crippen molar-refractivity contribution < 1.29 is 19.0 Å². The van der Waals surface area contributed by atoms with Gasteiger partial charge in [-0.2, -0.15) is 0 Å². The third-order valence-electron chi connectivity index (χ3n) is 3.83. The zero-order chi connectivity index (χ0) is 17.1. The van der Waals surface area contributed by atoms with Crippen LogP contribution < -0.4 is 19.5 Å². The highest BCUT2D eigenvalue weighted by Gasteiger charge is 2.14. The van der Waals surface area contributed by atoms with Crippen molar-refractivity contribution >= 4 is 23.2 Å². The van der Waals surface area contributed by atoms with Crippen molar-refractivity contribution in [2.24, 2.45) is 0 Å². The molecular weight excluding hydrogens is 330 g/mol. The molecule has 0 saturated heterocycles. The fourth-order valence-corrected chi connectivity index (χ4v) is 2.65. The molecule has 0 saturated carbocycles. The number of rotatable bonds is 5. The van der Waals surface area contributed by atoms with Gasteiger partial charge in [0.15, 0.2) is 11.5 Å². The molecule has 1 aliphatic heterocycles. The van der Waals surface area contributed by atoms with Gasteiger partial charge < -0.3 is 19.5 Å². The fourth-order valence-electron chi connectivity index (χ4n) is 2.50. The van der Waals surface area contributed by atoms with E-state index in [0.29, 0.717) is 29.3 Å². The van der Waals surface area contributed by atoms with Crippen molar-refractivity contribution in [1.29, 1.82) is 0 Å². The van der Waals surface area contributed by atoms with E-state index in [-0.39, 0.29) is 12.7 Å². The summed E-state index contributed by atoms with van der Waals surface area (Å²) >= 11 is 6.07. The smallest absolute Gasteiger partial charge is 0.231 e. The van der Waals surface area contributed by atoms with E-state index in [1.807, 2.05) is 25.1 Å². The Hall–Kier alpha value is -2.40. The number of halogens is 1. The minimum atomic E-state index is -0.0901. The number of benzene rings is 2. The van der Waals surface area contributed by atoms with Crippen molar-refractivity contribution in [3.8, 4) is 17.2 Å². The number of fused-ring (bicyclic) bond motifs is 1. The van der Waals surface area contributed by atoms with Gasteiger partial charge >= 0.3 is 0 Å². The third kappa shape index (κ3) is 3.57. The summed E-state index contributed by atoms with van der Waals surface area (Å²) in [6.45, 7) is 2.12. The molecule has 0 radical (unpaired) electrons. The monoisotopic (exact) mass is 347 g/mol. The summed E-state index contributed by atoms with van der Waals surface area (Å²) < 4.78 is 15.9. The number of nitrogens with one attached hydrogen (secondary N) is 1. The lowest BCUT2D eigenvalue weighted by Crippen LogP contribution is -2.13. The van der Waals surface area contributed by atoms with Crippen LogP contribution in [-0.4, -0.2) is 19.8 Å². The highest BCUT2D eigenvalue weighted by atomic mass is 35.5. The molecule has 3 rings (SSSR count). The minimum Gasteiger partial charge on any atom is -0.495 e. The number of carbonyl (C=O) groups is 1. The van der Waals surface area contributed by atoms with E-state index in [1.165, 1.54) is 0 Å². The van der Waals surface area contributed by atoms with Crippen molar-refractivity contribution in [2.45, 2.75) is 19.8 Å². The molecule has 1 aliphatic rings. The number of hydrogen-bond donors (Lipinski definition) is 1. The first-order chi connectivity index (χ1) is 11.6. The first-order valence-electron chi connectivity index (χ1n) is 7.59. The van der Waals surface area contributed by atoms with E-state index in [1.54, 1.807) is 19.2 Å². The summed E-state index contributed by atoms with van der Waals surface area (Å²) in [5.41, 5.74) is 2.52. The van der Waals surface area contributed by atoms with Crippen molar-refractivity contribution in [1.82, 2.24) is 0 Å². The zero-order valence-corrected chi connectivity index (χ0v) is 14.3. The van der Waals surface area contributed by atoms with Crippen LogP contribution in [0, 0.1) is 6.92 Å². The van der Waals surface area contributed by atoms with E-state index in [0.717, 1.165) is 22.6 Å². The maximum absolute atomic E-state index is 12.2. The van der Waals surface area contributed by atoms with E-state index in [9.17, 15) is 4.79 Å². The number of amides is 1. The Morgan fingerprint density at radius 2 is 2.04 bits per heavy atom. The fraction of sp³-hybridized carbons (Fsp3) is 0.278. The van der Waals surface area contributed by atoms with E-state index in [2.05, 4.69) is 5.32 Å². The van der Waals surface area contributed by atoms with Gasteiger partial charge in [-0.25, -0.2) is 0 Å². The van der Waals surface area contributed by atoms with E-state index >= 15 is 0 Å². The Bertz CT molecular complexity index is 776. The van der Waals surface area contributed by atoms with Crippen LogP contribution in [0.1, 0.15) is 17.5 Å². The number of methoxy groups -OCH3 is 1. The lowest BCUT2D eigenvalue weighted by atomic mass is 10.1. The molecule has 6 heteroatoms. The molecule has 1 N–H and O–H groups in total. The number of aryl methyl sites for hydroxylation is 2. The van der Waals surface area contributed by atoms with Gasteiger partial charge in [0.05, 0.1) is 12.8 Å². The molecule has 0 unspecified atom stereocenters. The topological polar surface area (TPSA) is 56.8 Å². The van der Waals surface area contributed by atoms with Gasteiger partial charge in [-0.3, -0.25) is 4.79 Å². The summed E-state index contributed by atoms with van der Waals surface area (Å²) in [7, 11) is 1.54. The SMILES string of the molecule is COc1cc(Cl)c(C)cc1NC(=O)CCc1ccc2c(c1)OCO2. The molecule has 0 spiro atoms. The lowest BCUT2D eigenvalue weighted by Gasteiger charge is -2.12. The molecule has 1 heterocycles. The van der Waals surface area contributed by atoms with Crippen LogP contribution in [0.2, 0.25) is 5.02 Å². The molecule has 1 amide bonds. The molecule has 0 bridgehead atoms. The maximum atomic E-state index is 12.2. The molecular formula is C18H18ClNO4. The van der Waals surface area contributed by atoms with Crippen LogP contribution in [0.15, 0.2) is 30.3 Å². The van der Waals surface area contributed by atoms with Crippen molar-refractivity contribution in [3.63, 3.8) is 0 Å². The Kier molecular flexibility index (Phi) is 4.81. The third-order valence-corrected chi connectivity index (χ3v) is 4.24. The molecule has 24 heavy (non-hydrogen) atoms. The maximum Gasteiger partial charge on any atom is 0.231 e. The quantitative estimate of drug-likeness (QED) is 0.889. The Labute approximate surface area is 145 Å². The molecule has 0 aromatic heterocycles. The average molecular weight is 348 g/mol. The van der Waals surface area contributed by atoms with E-state index in [4.69, 9.17) is 25.8 Å². The summed E-state index contributed by atoms with van der Waals surface area (Å²) in [5.74, 6) is 1.92. The molecule has 0 atom stereocenters. The highest BCUT2D eigenvalue weighted by Crippen LogP contribution is 2.33. The normalized spacial score (nSPS) is 12.1. The minimum absolute atomic E-state index is 0.0901. The van der Waals surface area contributed by atoms with Gasteiger partial charge in [-0.15, -0.1) is 0 Å². The Morgan fingerprint density at radius 1 is 1.25 bits per heavy atom. The number of carbonyl (C=O) groups excluding carboxylic acids is 1. The van der Waals surface area contributed by atoms with E-state index < -0.39 is 0 Å². The zero-order valence-electron chi connectivity index (χ0n) is 13.5. The van der Waals surface area contributed by atoms with Crippen LogP contribution in [0.25, 0.3) is 0 Å². The van der Waals surface area contributed by atoms with Gasteiger partial charge in [0.1, 0.15) is 5.75 Å². The first-order valence-corrected chi connectivity index (χ1v) is 7.97. The second-order valence-corrected chi connectivity index (χ2v) is 5.94. The molecule has 0 aliphatic carbocycles. The predicted molar refractivity (Wildman–Crippen MR) is 92.3 cm³/mol. The largest absolute Gasteiger partial charge is 0.495 e. The summed E-state index contributed by atoms with van der Waals surface area (Å²) in [6.07, 6.45) is 0.960. The standard InChI is InChI=1S/C18H18ClNO4/c1-11-7-14(16(22-2)9-13(11)19)20-18(21)6-4-12-3-5-15-17(8-12)24-10-23-15/h3,5,7-9H,4,6,10H2,1-2H3,(H,20,21). The molecule has 5 nitrogen and oxygen atoms in total. The molecule has 2 aromatic carbocycles. The van der Waals surface area contributed by atoms with Gasteiger partial charge in [-0.05, 0) is 42.7 Å². The number of anilines is 1. The lowest BCUT2D eigenvalue weighted by molar-refractivity contribution is -0.116. The van der Waals surface area contributed by atoms with Crippen LogP contribution in [0.5, 0.6) is 17.2 Å². The van der Waals surface area contributed by atoms with Gasteiger partial charge in [-0.1, -0.05) is 17.7 Å². The second kappa shape index (κ2) is 7.01. The number of ether oxygens (including phenoxy) is 3. The van der Waals surface area contributed by atoms with Gasteiger partial charge in [0, 0.05) is 17.5 Å². The Balaban J connectivity index is 1.63. The second-order valence-electron chi connectivity index (χ2n) is 5.54. The number of hydrogen-bond acceptors (Lipinski definition) is 4. The van der Waals surface area contributed by atoms with Gasteiger partial charge in [0.2, 0.25) is 12.7 Å². The average Bonchev–Trinajstić information content (AvgIpc) is 3.03. The summed E-state index contributed by atoms with van der Waals surface area (Å²) in [4.78, 5) is 12.2. The predicted octanol–water partition coefficient (Wildman–Crippen LogP) is 3.96. The molecule has 126 valence electrons. The van der Waals surface area contributed by atoms with Gasteiger partial charge in [0.25, 0.3) is 0 Å². The van der Waals surface area contributed by atoms with Crippen LogP contribution in [0.3, 0.4) is 0 Å². The highest BCUT2D eigenvalue weighted by molar-refractivity contribution is 6.31. The van der Waals surface area contributed by atoms with Crippen LogP contribution >= 0.6 is 11.6 Å². The first kappa shape index (κ1) is 16.5. The van der Waals surface area contributed by atoms with Crippen molar-refractivity contribution in [2.75, 3.05) is 19.2 Å². The molecule has 2 aromatic rings. The van der Waals surface area contributed by atoms with Crippen molar-refractivity contribution in [3.05, 3.63) is 46.5 Å². The molecule has 0 fully saturated rings.